The Morgan fingerprint density at radius 2 is 2.11 bits per heavy atom. The maximum Gasteiger partial charge on any atom is 0.142 e. The number of thioether (sulfide) groups is 1. The zero-order valence-electron chi connectivity index (χ0n) is 11.2. The minimum atomic E-state index is -0.498. The van der Waals surface area contributed by atoms with Gasteiger partial charge in [-0.1, -0.05) is 6.42 Å². The number of benzene rings is 1. The molecule has 2 atom stereocenters. The van der Waals surface area contributed by atoms with E-state index in [1.54, 1.807) is 14.2 Å². The van der Waals surface area contributed by atoms with Crippen LogP contribution in [0.15, 0.2) is 16.6 Å². The number of hydrogen-bond acceptors (Lipinski definition) is 4. The number of aliphatic hydroxyl groups excluding tert-OH is 1. The first kappa shape index (κ1) is 15.0. The van der Waals surface area contributed by atoms with Gasteiger partial charge in [0.05, 0.1) is 20.3 Å². The number of ether oxygens (including phenoxy) is 2. The molecular formula is C14H19BrO3S. The Morgan fingerprint density at radius 1 is 1.32 bits per heavy atom. The summed E-state index contributed by atoms with van der Waals surface area (Å²) in [5.41, 5.74) is 0.828. The molecule has 0 saturated carbocycles. The third-order valence-corrected chi connectivity index (χ3v) is 5.60. The molecule has 0 spiro atoms. The minimum Gasteiger partial charge on any atom is -0.495 e. The molecule has 106 valence electrons. The van der Waals surface area contributed by atoms with Gasteiger partial charge in [-0.3, -0.25) is 0 Å². The van der Waals surface area contributed by atoms with Gasteiger partial charge in [0.25, 0.3) is 0 Å². The lowest BCUT2D eigenvalue weighted by Gasteiger charge is -2.27. The molecule has 19 heavy (non-hydrogen) atoms. The Kier molecular flexibility index (Phi) is 5.42. The van der Waals surface area contributed by atoms with Crippen molar-refractivity contribution in [2.75, 3.05) is 20.0 Å². The summed E-state index contributed by atoms with van der Waals surface area (Å²) in [7, 11) is 3.23. The van der Waals surface area contributed by atoms with Crippen LogP contribution >= 0.6 is 27.7 Å². The zero-order valence-corrected chi connectivity index (χ0v) is 13.6. The van der Waals surface area contributed by atoms with E-state index >= 15 is 0 Å². The number of halogens is 1. The molecule has 0 radical (unpaired) electrons. The van der Waals surface area contributed by atoms with Gasteiger partial charge in [-0.25, -0.2) is 0 Å². The van der Waals surface area contributed by atoms with Crippen LogP contribution < -0.4 is 9.47 Å². The average molecular weight is 347 g/mol. The van der Waals surface area contributed by atoms with Crippen LogP contribution in [0.4, 0.5) is 0 Å². The number of methoxy groups -OCH3 is 2. The van der Waals surface area contributed by atoms with E-state index in [0.29, 0.717) is 11.5 Å². The van der Waals surface area contributed by atoms with Crippen LogP contribution in [0.25, 0.3) is 0 Å². The van der Waals surface area contributed by atoms with Crippen LogP contribution in [0.1, 0.15) is 30.9 Å². The molecule has 1 heterocycles. The first-order chi connectivity index (χ1) is 9.19. The molecule has 1 aromatic rings. The smallest absolute Gasteiger partial charge is 0.142 e. The van der Waals surface area contributed by atoms with Crippen molar-refractivity contribution in [3.8, 4) is 11.5 Å². The van der Waals surface area contributed by atoms with Gasteiger partial charge in [0.1, 0.15) is 16.0 Å². The highest BCUT2D eigenvalue weighted by molar-refractivity contribution is 9.10. The Balaban J connectivity index is 2.30. The van der Waals surface area contributed by atoms with Crippen LogP contribution in [0.3, 0.4) is 0 Å². The normalized spacial score (nSPS) is 20.9. The predicted octanol–water partition coefficient (Wildman–Crippen LogP) is 3.79. The molecule has 1 saturated heterocycles. The van der Waals surface area contributed by atoms with Crippen molar-refractivity contribution >= 4 is 27.7 Å². The van der Waals surface area contributed by atoms with E-state index in [-0.39, 0.29) is 5.25 Å². The second-order valence-electron chi connectivity index (χ2n) is 4.55. The molecule has 2 unspecified atom stereocenters. The Morgan fingerprint density at radius 3 is 2.68 bits per heavy atom. The van der Waals surface area contributed by atoms with Crippen LogP contribution in [0.2, 0.25) is 0 Å². The standard InChI is InChI=1S/C14H19BrO3S/c1-17-10-7-6-9(14(18-2)12(10)15)13(16)11-5-3-4-8-19-11/h6-7,11,13,16H,3-5,8H2,1-2H3. The second-order valence-corrected chi connectivity index (χ2v) is 6.69. The highest BCUT2D eigenvalue weighted by Crippen LogP contribution is 2.43. The van der Waals surface area contributed by atoms with E-state index in [1.165, 1.54) is 12.8 Å². The Hall–Kier alpha value is -0.390. The van der Waals surface area contributed by atoms with Crippen molar-refractivity contribution in [2.24, 2.45) is 0 Å². The highest BCUT2D eigenvalue weighted by Gasteiger charge is 2.27. The molecule has 0 aliphatic carbocycles. The number of hydrogen-bond donors (Lipinski definition) is 1. The molecular weight excluding hydrogens is 328 g/mol. The molecule has 1 fully saturated rings. The highest BCUT2D eigenvalue weighted by atomic mass is 79.9. The van der Waals surface area contributed by atoms with Crippen molar-refractivity contribution in [2.45, 2.75) is 30.6 Å². The SMILES string of the molecule is COc1ccc(C(O)C2CCCCS2)c(OC)c1Br. The number of aliphatic hydroxyl groups is 1. The fourth-order valence-corrected chi connectivity index (χ4v) is 4.39. The first-order valence-corrected chi connectivity index (χ1v) is 8.23. The van der Waals surface area contributed by atoms with Gasteiger partial charge in [-0.2, -0.15) is 11.8 Å². The average Bonchev–Trinajstić information content (AvgIpc) is 2.47. The quantitative estimate of drug-likeness (QED) is 0.900. The van der Waals surface area contributed by atoms with Crippen molar-refractivity contribution in [1.29, 1.82) is 0 Å². The van der Waals surface area contributed by atoms with Crippen LogP contribution in [-0.2, 0) is 0 Å². The summed E-state index contributed by atoms with van der Waals surface area (Å²) in [5.74, 6) is 2.50. The molecule has 0 amide bonds. The van der Waals surface area contributed by atoms with E-state index in [9.17, 15) is 5.11 Å². The summed E-state index contributed by atoms with van der Waals surface area (Å²) in [6, 6.07) is 3.75. The molecule has 2 rings (SSSR count). The Labute approximate surface area is 126 Å². The van der Waals surface area contributed by atoms with Crippen LogP contribution in [0.5, 0.6) is 11.5 Å². The summed E-state index contributed by atoms with van der Waals surface area (Å²) in [6.45, 7) is 0. The van der Waals surface area contributed by atoms with E-state index in [4.69, 9.17) is 9.47 Å². The third-order valence-electron chi connectivity index (χ3n) is 3.40. The molecule has 1 aromatic carbocycles. The molecule has 3 nitrogen and oxygen atoms in total. The van der Waals surface area contributed by atoms with Crippen molar-refractivity contribution in [1.82, 2.24) is 0 Å². The van der Waals surface area contributed by atoms with Gasteiger partial charge in [-0.05, 0) is 46.7 Å². The van der Waals surface area contributed by atoms with Crippen LogP contribution in [0, 0.1) is 0 Å². The lowest BCUT2D eigenvalue weighted by molar-refractivity contribution is 0.164. The monoisotopic (exact) mass is 346 g/mol. The van der Waals surface area contributed by atoms with E-state index < -0.39 is 6.10 Å². The Bertz CT molecular complexity index is 433. The lowest BCUT2D eigenvalue weighted by atomic mass is 10.0. The van der Waals surface area contributed by atoms with E-state index in [0.717, 1.165) is 22.2 Å². The summed E-state index contributed by atoms with van der Waals surface area (Å²) in [5, 5.41) is 10.8. The number of rotatable bonds is 4. The second kappa shape index (κ2) is 6.86. The van der Waals surface area contributed by atoms with Crippen LogP contribution in [-0.4, -0.2) is 30.3 Å². The molecule has 0 aromatic heterocycles. The van der Waals surface area contributed by atoms with Gasteiger partial charge in [0.2, 0.25) is 0 Å². The molecule has 0 bridgehead atoms. The van der Waals surface area contributed by atoms with Crippen molar-refractivity contribution < 1.29 is 14.6 Å². The summed E-state index contributed by atoms with van der Waals surface area (Å²) in [6.07, 6.45) is 2.99. The first-order valence-electron chi connectivity index (χ1n) is 6.39. The fourth-order valence-electron chi connectivity index (χ4n) is 2.37. The molecule has 1 aliphatic heterocycles. The van der Waals surface area contributed by atoms with Gasteiger partial charge in [0, 0.05) is 10.8 Å². The van der Waals surface area contributed by atoms with Gasteiger partial charge in [0.15, 0.2) is 0 Å². The fraction of sp³-hybridized carbons (Fsp3) is 0.571. The zero-order chi connectivity index (χ0) is 13.8. The topological polar surface area (TPSA) is 38.7 Å². The van der Waals surface area contributed by atoms with E-state index in [2.05, 4.69) is 15.9 Å². The van der Waals surface area contributed by atoms with Crippen molar-refractivity contribution in [3.63, 3.8) is 0 Å². The summed E-state index contributed by atoms with van der Waals surface area (Å²) >= 11 is 5.33. The minimum absolute atomic E-state index is 0.253. The van der Waals surface area contributed by atoms with Gasteiger partial charge < -0.3 is 14.6 Å². The lowest BCUT2D eigenvalue weighted by Crippen LogP contribution is -2.19. The van der Waals surface area contributed by atoms with Gasteiger partial charge >= 0.3 is 0 Å². The maximum absolute atomic E-state index is 10.6. The molecule has 5 heteroatoms. The van der Waals surface area contributed by atoms with Gasteiger partial charge in [-0.15, -0.1) is 0 Å². The van der Waals surface area contributed by atoms with Crippen molar-refractivity contribution in [3.05, 3.63) is 22.2 Å². The summed E-state index contributed by atoms with van der Waals surface area (Å²) in [4.78, 5) is 0. The maximum atomic E-state index is 10.6. The largest absolute Gasteiger partial charge is 0.495 e. The predicted molar refractivity (Wildman–Crippen MR) is 82.3 cm³/mol. The molecule has 1 aliphatic rings. The third kappa shape index (κ3) is 3.20. The molecule has 1 N–H and O–H groups in total. The van der Waals surface area contributed by atoms with E-state index in [1.807, 2.05) is 23.9 Å². The summed E-state index contributed by atoms with van der Waals surface area (Å²) < 4.78 is 11.4.